The van der Waals surface area contributed by atoms with Crippen molar-refractivity contribution in [2.24, 2.45) is 5.73 Å². The minimum atomic E-state index is -2.82. The molecule has 0 radical (unpaired) electrons. The number of carbonyl (C=O) groups excluding carboxylic acids is 2. The Bertz CT molecular complexity index is 1370. The molecule has 1 aromatic carbocycles. The number of aromatic nitrogens is 3. The van der Waals surface area contributed by atoms with Crippen molar-refractivity contribution < 1.29 is 18.4 Å². The average molecular weight is 490 g/mol. The van der Waals surface area contributed by atoms with Gasteiger partial charge in [-0.3, -0.25) is 14.3 Å². The van der Waals surface area contributed by atoms with E-state index in [-0.39, 0.29) is 15.4 Å². The second kappa shape index (κ2) is 8.87. The van der Waals surface area contributed by atoms with E-state index in [1.165, 1.54) is 16.9 Å². The number of amides is 2. The lowest BCUT2D eigenvalue weighted by molar-refractivity contribution is -0.119. The molecule has 4 rings (SSSR count). The highest BCUT2D eigenvalue weighted by molar-refractivity contribution is 7.21. The third kappa shape index (κ3) is 4.19. The highest BCUT2D eigenvalue weighted by Gasteiger charge is 2.27. The number of halogens is 3. The van der Waals surface area contributed by atoms with Crippen molar-refractivity contribution in [3.8, 4) is 11.1 Å². The Balaban J connectivity index is 1.89. The number of nitrogens with two attached hydrogens (primary N) is 1. The van der Waals surface area contributed by atoms with Crippen LogP contribution in [0.3, 0.4) is 0 Å². The molecule has 0 saturated heterocycles. The van der Waals surface area contributed by atoms with Gasteiger partial charge in [-0.05, 0) is 31.0 Å². The van der Waals surface area contributed by atoms with Crippen LogP contribution in [0.4, 0.5) is 14.5 Å². The molecule has 3 N–H and O–H groups in total. The Kier molecular flexibility index (Phi) is 6.13. The molecular formula is C22H18ClF2N5O2S. The number of alkyl halides is 2. The Hall–Kier alpha value is -3.37. The summed E-state index contributed by atoms with van der Waals surface area (Å²) in [5.74, 6) is -1.30. The standard InChI is InChI=1S/C22H18ClF2N5O2S/c1-10-14(23)9-27-30(10)11(2)21(32)29-17-16-13(12-6-4-3-5-7-12)8-15(19(24)25)28-22(16)33-18(17)20(26)31/h3-9,11,19H,1-2H3,(H2,26,31)(H,29,32). The maximum Gasteiger partial charge on any atom is 0.280 e. The predicted molar refractivity (Wildman–Crippen MR) is 124 cm³/mol. The monoisotopic (exact) mass is 489 g/mol. The smallest absolute Gasteiger partial charge is 0.280 e. The van der Waals surface area contributed by atoms with E-state index in [4.69, 9.17) is 17.3 Å². The molecule has 0 bridgehead atoms. The van der Waals surface area contributed by atoms with Crippen molar-refractivity contribution in [1.29, 1.82) is 0 Å². The summed E-state index contributed by atoms with van der Waals surface area (Å²) in [6, 6.07) is 9.28. The SMILES string of the molecule is Cc1c(Cl)cnn1C(C)C(=O)Nc1c(C(N)=O)sc2nc(C(F)F)cc(-c3ccccc3)c12. The Morgan fingerprint density at radius 2 is 1.94 bits per heavy atom. The van der Waals surface area contributed by atoms with Crippen LogP contribution in [0.15, 0.2) is 42.6 Å². The van der Waals surface area contributed by atoms with Crippen LogP contribution in [-0.2, 0) is 4.79 Å². The lowest BCUT2D eigenvalue weighted by Gasteiger charge is -2.16. The maximum absolute atomic E-state index is 13.6. The number of anilines is 1. The number of pyridine rings is 1. The zero-order valence-corrected chi connectivity index (χ0v) is 19.0. The largest absolute Gasteiger partial charge is 0.365 e. The number of thiophene rings is 1. The van der Waals surface area contributed by atoms with Gasteiger partial charge >= 0.3 is 0 Å². The van der Waals surface area contributed by atoms with Gasteiger partial charge in [0.2, 0.25) is 5.91 Å². The molecule has 1 atom stereocenters. The topological polar surface area (TPSA) is 103 Å². The number of hydrogen-bond donors (Lipinski definition) is 2. The highest BCUT2D eigenvalue weighted by Crippen LogP contribution is 2.42. The fourth-order valence-corrected chi connectivity index (χ4v) is 4.64. The lowest BCUT2D eigenvalue weighted by Crippen LogP contribution is -2.26. The van der Waals surface area contributed by atoms with Gasteiger partial charge in [-0.2, -0.15) is 5.10 Å². The van der Waals surface area contributed by atoms with Crippen molar-refractivity contribution >= 4 is 50.7 Å². The van der Waals surface area contributed by atoms with E-state index < -0.39 is 30.0 Å². The summed E-state index contributed by atoms with van der Waals surface area (Å²) < 4.78 is 28.6. The molecule has 0 aliphatic rings. The molecule has 0 spiro atoms. The summed E-state index contributed by atoms with van der Waals surface area (Å²) in [6.45, 7) is 3.34. The molecular weight excluding hydrogens is 472 g/mol. The number of rotatable bonds is 6. The molecule has 4 aromatic rings. The number of hydrogen-bond acceptors (Lipinski definition) is 5. The Morgan fingerprint density at radius 3 is 2.52 bits per heavy atom. The van der Waals surface area contributed by atoms with Crippen LogP contribution >= 0.6 is 22.9 Å². The first kappa shape index (κ1) is 22.8. The number of nitrogens with zero attached hydrogens (tertiary/aromatic N) is 3. The summed E-state index contributed by atoms with van der Waals surface area (Å²) in [7, 11) is 0. The molecule has 2 amide bonds. The summed E-state index contributed by atoms with van der Waals surface area (Å²) in [5.41, 5.74) is 6.88. The van der Waals surface area contributed by atoms with Crippen molar-refractivity contribution in [2.45, 2.75) is 26.3 Å². The molecule has 3 aromatic heterocycles. The molecule has 0 aliphatic carbocycles. The normalized spacial score (nSPS) is 12.3. The molecule has 170 valence electrons. The quantitative estimate of drug-likeness (QED) is 0.380. The van der Waals surface area contributed by atoms with Gasteiger partial charge in [0.25, 0.3) is 12.3 Å². The van der Waals surface area contributed by atoms with Crippen LogP contribution in [0.1, 0.15) is 40.5 Å². The molecule has 7 nitrogen and oxygen atoms in total. The summed E-state index contributed by atoms with van der Waals surface area (Å²) in [4.78, 5) is 29.5. The maximum atomic E-state index is 13.6. The van der Waals surface area contributed by atoms with Gasteiger partial charge in [0.05, 0.1) is 22.6 Å². The third-order valence-corrected chi connectivity index (χ3v) is 6.66. The predicted octanol–water partition coefficient (Wildman–Crippen LogP) is 5.36. The molecule has 3 heterocycles. The number of benzene rings is 1. The first-order chi connectivity index (χ1) is 15.7. The van der Waals surface area contributed by atoms with Crippen molar-refractivity contribution in [3.05, 3.63) is 63.9 Å². The minimum absolute atomic E-state index is 0.0110. The van der Waals surface area contributed by atoms with Crippen LogP contribution in [0.5, 0.6) is 0 Å². The highest BCUT2D eigenvalue weighted by atomic mass is 35.5. The number of primary amides is 1. The van der Waals surface area contributed by atoms with Crippen LogP contribution in [0.2, 0.25) is 5.02 Å². The molecule has 33 heavy (non-hydrogen) atoms. The molecule has 0 saturated carbocycles. The van der Waals surface area contributed by atoms with E-state index in [9.17, 15) is 18.4 Å². The summed E-state index contributed by atoms with van der Waals surface area (Å²) in [5, 5.41) is 7.64. The third-order valence-electron chi connectivity index (χ3n) is 5.19. The van der Waals surface area contributed by atoms with Gasteiger partial charge < -0.3 is 11.1 Å². The van der Waals surface area contributed by atoms with Crippen molar-refractivity contribution in [2.75, 3.05) is 5.32 Å². The second-order valence-electron chi connectivity index (χ2n) is 7.30. The molecule has 0 fully saturated rings. The van der Waals surface area contributed by atoms with E-state index in [0.717, 1.165) is 11.3 Å². The van der Waals surface area contributed by atoms with Crippen molar-refractivity contribution in [1.82, 2.24) is 14.8 Å². The van der Waals surface area contributed by atoms with Crippen LogP contribution in [-0.4, -0.2) is 26.6 Å². The van der Waals surface area contributed by atoms with Gasteiger partial charge in [0.15, 0.2) is 0 Å². The van der Waals surface area contributed by atoms with E-state index in [2.05, 4.69) is 15.4 Å². The van der Waals surface area contributed by atoms with Gasteiger partial charge in [-0.15, -0.1) is 11.3 Å². The second-order valence-corrected chi connectivity index (χ2v) is 8.71. The van der Waals surface area contributed by atoms with E-state index in [1.54, 1.807) is 44.2 Å². The number of nitrogens with one attached hydrogen (secondary N) is 1. The van der Waals surface area contributed by atoms with Gasteiger partial charge in [-0.25, -0.2) is 13.8 Å². The molecule has 0 aliphatic heterocycles. The molecule has 11 heteroatoms. The lowest BCUT2D eigenvalue weighted by atomic mass is 10.0. The van der Waals surface area contributed by atoms with Crippen LogP contribution < -0.4 is 11.1 Å². The fraction of sp³-hybridized carbons (Fsp3) is 0.182. The van der Waals surface area contributed by atoms with E-state index >= 15 is 0 Å². The average Bonchev–Trinajstić information content (AvgIpc) is 3.33. The van der Waals surface area contributed by atoms with Crippen molar-refractivity contribution in [3.63, 3.8) is 0 Å². The summed E-state index contributed by atoms with van der Waals surface area (Å²) >= 11 is 6.90. The Labute approximate surface area is 196 Å². The minimum Gasteiger partial charge on any atom is -0.365 e. The van der Waals surface area contributed by atoms with Crippen LogP contribution in [0.25, 0.3) is 21.3 Å². The van der Waals surface area contributed by atoms with Gasteiger partial charge in [0, 0.05) is 5.39 Å². The van der Waals surface area contributed by atoms with E-state index in [0.29, 0.717) is 27.2 Å². The number of fused-ring (bicyclic) bond motifs is 1. The summed E-state index contributed by atoms with van der Waals surface area (Å²) in [6.07, 6.45) is -1.39. The zero-order valence-electron chi connectivity index (χ0n) is 17.5. The zero-order chi connectivity index (χ0) is 23.9. The van der Waals surface area contributed by atoms with E-state index in [1.807, 2.05) is 0 Å². The first-order valence-electron chi connectivity index (χ1n) is 9.80. The van der Waals surface area contributed by atoms with Crippen LogP contribution in [0, 0.1) is 6.92 Å². The van der Waals surface area contributed by atoms with Gasteiger partial charge in [-0.1, -0.05) is 41.9 Å². The number of carbonyl (C=O) groups is 2. The first-order valence-corrected chi connectivity index (χ1v) is 11.0. The fourth-order valence-electron chi connectivity index (χ4n) is 3.50. The van der Waals surface area contributed by atoms with Gasteiger partial charge in [0.1, 0.15) is 21.4 Å². The molecule has 1 unspecified atom stereocenters. The Morgan fingerprint density at radius 1 is 1.24 bits per heavy atom.